The lowest BCUT2D eigenvalue weighted by Gasteiger charge is -2.26. The van der Waals surface area contributed by atoms with Gasteiger partial charge in [-0.2, -0.15) is 0 Å². The Morgan fingerprint density at radius 2 is 1.16 bits per heavy atom. The van der Waals surface area contributed by atoms with Gasteiger partial charge in [-0.15, -0.1) is 0 Å². The Hall–Kier alpha value is -0.650. The summed E-state index contributed by atoms with van der Waals surface area (Å²) in [5.74, 6) is -0.162. The maximum Gasteiger partial charge on any atom is 0.270 e. The molecule has 0 bridgehead atoms. The third-order valence-electron chi connectivity index (χ3n) is 2.47. The number of hydrogen-bond donors (Lipinski definition) is 0. The second-order valence-electron chi connectivity index (χ2n) is 3.81. The summed E-state index contributed by atoms with van der Waals surface area (Å²) in [6.07, 6.45) is 0. The Kier molecular flexibility index (Phi) is 4.81. The van der Waals surface area contributed by atoms with E-state index in [2.05, 4.69) is 47.8 Å². The summed E-state index contributed by atoms with van der Waals surface area (Å²) < 4.78 is -0.987. The predicted molar refractivity (Wildman–Crippen MR) is 89.5 cm³/mol. The smallest absolute Gasteiger partial charge is 0.270 e. The van der Waals surface area contributed by atoms with Crippen LogP contribution in [-0.2, 0) is 4.79 Å². The van der Waals surface area contributed by atoms with E-state index < -0.39 is 2.14 Å². The Morgan fingerprint density at radius 3 is 1.47 bits per heavy atom. The molecular weight excluding hydrogens is 438 g/mol. The molecule has 2 aromatic carbocycles. The van der Waals surface area contributed by atoms with E-state index in [1.807, 2.05) is 60.7 Å². The van der Waals surface area contributed by atoms with E-state index in [1.54, 1.807) is 4.90 Å². The maximum absolute atomic E-state index is 12.6. The number of benzene rings is 2. The van der Waals surface area contributed by atoms with Crippen molar-refractivity contribution in [3.8, 4) is 0 Å². The standard InChI is InChI=1S/C14H10Br3NO/c15-14(16,17)13(19)18(11-7-3-1-4-8-11)12-9-5-2-6-10-12/h1-10H. The van der Waals surface area contributed by atoms with Crippen LogP contribution in [0.15, 0.2) is 60.7 Å². The van der Waals surface area contributed by atoms with Crippen molar-refractivity contribution in [2.75, 3.05) is 4.90 Å². The fourth-order valence-electron chi connectivity index (χ4n) is 1.66. The summed E-state index contributed by atoms with van der Waals surface area (Å²) in [6, 6.07) is 19.0. The number of hydrogen-bond acceptors (Lipinski definition) is 1. The number of anilines is 2. The minimum atomic E-state index is -0.987. The number of amides is 1. The van der Waals surface area contributed by atoms with Gasteiger partial charge < -0.3 is 0 Å². The Bertz CT molecular complexity index is 512. The summed E-state index contributed by atoms with van der Waals surface area (Å²) in [7, 11) is 0. The maximum atomic E-state index is 12.6. The fraction of sp³-hybridized carbons (Fsp3) is 0.0714. The number of para-hydroxylation sites is 2. The zero-order valence-electron chi connectivity index (χ0n) is 9.76. The predicted octanol–water partition coefficient (Wildman–Crippen LogP) is 5.19. The van der Waals surface area contributed by atoms with Crippen LogP contribution in [0.4, 0.5) is 11.4 Å². The van der Waals surface area contributed by atoms with Gasteiger partial charge in [0.05, 0.1) is 0 Å². The minimum absolute atomic E-state index is 0.162. The third-order valence-corrected chi connectivity index (χ3v) is 3.49. The van der Waals surface area contributed by atoms with Crippen LogP contribution < -0.4 is 4.90 Å². The van der Waals surface area contributed by atoms with E-state index in [0.717, 1.165) is 11.4 Å². The number of rotatable bonds is 2. The molecule has 0 spiro atoms. The van der Waals surface area contributed by atoms with Crippen molar-refractivity contribution in [3.05, 3.63) is 60.7 Å². The lowest BCUT2D eigenvalue weighted by molar-refractivity contribution is -0.116. The molecule has 98 valence electrons. The average Bonchev–Trinajstić information content (AvgIpc) is 2.40. The first-order valence-corrected chi connectivity index (χ1v) is 7.89. The highest BCUT2D eigenvalue weighted by atomic mass is 80.0. The molecule has 0 saturated heterocycles. The van der Waals surface area contributed by atoms with Crippen molar-refractivity contribution in [1.29, 1.82) is 0 Å². The van der Waals surface area contributed by atoms with E-state index in [4.69, 9.17) is 0 Å². The highest BCUT2D eigenvalue weighted by Gasteiger charge is 2.34. The summed E-state index contributed by atoms with van der Waals surface area (Å²) in [5.41, 5.74) is 1.61. The van der Waals surface area contributed by atoms with E-state index in [9.17, 15) is 4.79 Å². The molecule has 0 atom stereocenters. The Balaban J connectivity index is 2.49. The quantitative estimate of drug-likeness (QED) is 0.580. The van der Waals surface area contributed by atoms with Gasteiger partial charge in [0.1, 0.15) is 0 Å². The largest absolute Gasteiger partial charge is 0.278 e. The number of carbonyl (C=O) groups excluding carboxylic acids is 1. The van der Waals surface area contributed by atoms with Crippen molar-refractivity contribution >= 4 is 65.1 Å². The van der Waals surface area contributed by atoms with Crippen LogP contribution in [0.5, 0.6) is 0 Å². The molecule has 0 N–H and O–H groups in total. The molecule has 0 aliphatic rings. The van der Waals surface area contributed by atoms with Gasteiger partial charge >= 0.3 is 0 Å². The number of carbonyl (C=O) groups is 1. The lowest BCUT2D eigenvalue weighted by Crippen LogP contribution is -2.35. The van der Waals surface area contributed by atoms with E-state index >= 15 is 0 Å². The monoisotopic (exact) mass is 445 g/mol. The molecule has 0 aromatic heterocycles. The van der Waals surface area contributed by atoms with Crippen LogP contribution >= 0.6 is 47.8 Å². The van der Waals surface area contributed by atoms with Crippen molar-refractivity contribution in [2.45, 2.75) is 2.14 Å². The van der Waals surface area contributed by atoms with Crippen molar-refractivity contribution in [3.63, 3.8) is 0 Å². The number of halogens is 3. The molecule has 0 saturated carbocycles. The van der Waals surface area contributed by atoms with Crippen LogP contribution in [0.25, 0.3) is 0 Å². The van der Waals surface area contributed by atoms with Gasteiger partial charge in [0.25, 0.3) is 5.91 Å². The molecule has 0 unspecified atom stereocenters. The molecule has 5 heteroatoms. The summed E-state index contributed by atoms with van der Waals surface area (Å²) in [6.45, 7) is 0. The van der Waals surface area contributed by atoms with Gasteiger partial charge in [-0.3, -0.25) is 9.69 Å². The molecular formula is C14H10Br3NO. The molecule has 2 rings (SSSR count). The van der Waals surface area contributed by atoms with Gasteiger partial charge in [-0.05, 0) is 72.1 Å². The minimum Gasteiger partial charge on any atom is -0.278 e. The molecule has 19 heavy (non-hydrogen) atoms. The molecule has 2 nitrogen and oxygen atoms in total. The summed E-state index contributed by atoms with van der Waals surface area (Å²) >= 11 is 9.84. The molecule has 0 radical (unpaired) electrons. The van der Waals surface area contributed by atoms with Gasteiger partial charge in [0, 0.05) is 11.4 Å². The van der Waals surface area contributed by atoms with Gasteiger partial charge in [0.15, 0.2) is 0 Å². The molecule has 0 heterocycles. The summed E-state index contributed by atoms with van der Waals surface area (Å²) in [5, 5.41) is 0. The molecule has 0 fully saturated rings. The topological polar surface area (TPSA) is 20.3 Å². The average molecular weight is 448 g/mol. The van der Waals surface area contributed by atoms with Gasteiger partial charge in [0.2, 0.25) is 2.14 Å². The Labute approximate surface area is 137 Å². The lowest BCUT2D eigenvalue weighted by atomic mass is 10.2. The van der Waals surface area contributed by atoms with Gasteiger partial charge in [-0.1, -0.05) is 36.4 Å². The Morgan fingerprint density at radius 1 is 0.789 bits per heavy atom. The van der Waals surface area contributed by atoms with Gasteiger partial charge in [-0.25, -0.2) is 0 Å². The van der Waals surface area contributed by atoms with Crippen LogP contribution in [0.3, 0.4) is 0 Å². The van der Waals surface area contributed by atoms with Crippen molar-refractivity contribution < 1.29 is 4.79 Å². The molecule has 0 aliphatic heterocycles. The normalized spacial score (nSPS) is 11.1. The zero-order chi connectivity index (χ0) is 13.9. The second-order valence-corrected chi connectivity index (χ2v) is 10.6. The fourth-order valence-corrected chi connectivity index (χ4v) is 2.20. The second kappa shape index (κ2) is 6.20. The van der Waals surface area contributed by atoms with E-state index in [0.29, 0.717) is 0 Å². The molecule has 2 aromatic rings. The van der Waals surface area contributed by atoms with Crippen LogP contribution in [0.1, 0.15) is 0 Å². The summed E-state index contributed by atoms with van der Waals surface area (Å²) in [4.78, 5) is 14.2. The van der Waals surface area contributed by atoms with Crippen LogP contribution in [0.2, 0.25) is 0 Å². The third kappa shape index (κ3) is 3.68. The van der Waals surface area contributed by atoms with Crippen molar-refractivity contribution in [1.82, 2.24) is 0 Å². The van der Waals surface area contributed by atoms with E-state index in [1.165, 1.54) is 0 Å². The molecule has 1 amide bonds. The number of alkyl halides is 3. The first-order valence-electron chi connectivity index (χ1n) is 5.51. The van der Waals surface area contributed by atoms with E-state index in [-0.39, 0.29) is 5.91 Å². The number of nitrogens with zero attached hydrogens (tertiary/aromatic N) is 1. The SMILES string of the molecule is O=C(N(c1ccccc1)c1ccccc1)C(Br)(Br)Br. The highest BCUT2D eigenvalue weighted by molar-refractivity contribution is 9.40. The highest BCUT2D eigenvalue weighted by Crippen LogP contribution is 2.39. The first kappa shape index (κ1) is 14.8. The van der Waals surface area contributed by atoms with Crippen LogP contribution in [-0.4, -0.2) is 8.05 Å². The van der Waals surface area contributed by atoms with Crippen LogP contribution in [0, 0.1) is 0 Å². The first-order chi connectivity index (χ1) is 9.00. The zero-order valence-corrected chi connectivity index (χ0v) is 14.5. The molecule has 0 aliphatic carbocycles. The van der Waals surface area contributed by atoms with Crippen molar-refractivity contribution in [2.24, 2.45) is 0 Å².